The molecule has 0 aliphatic carbocycles. The van der Waals surface area contributed by atoms with Crippen molar-refractivity contribution in [1.82, 2.24) is 5.32 Å². The van der Waals surface area contributed by atoms with Crippen molar-refractivity contribution in [1.29, 1.82) is 0 Å². The van der Waals surface area contributed by atoms with Crippen molar-refractivity contribution in [3.8, 4) is 0 Å². The van der Waals surface area contributed by atoms with Gasteiger partial charge in [0.2, 0.25) is 0 Å². The molecule has 2 amide bonds. The van der Waals surface area contributed by atoms with Crippen LogP contribution in [0.25, 0.3) is 0 Å². The summed E-state index contributed by atoms with van der Waals surface area (Å²) in [6, 6.07) is 4.43. The summed E-state index contributed by atoms with van der Waals surface area (Å²) in [5, 5.41) is 14.4. The number of rotatable bonds is 5. The lowest BCUT2D eigenvalue weighted by atomic mass is 9.98. The van der Waals surface area contributed by atoms with Gasteiger partial charge in [-0.1, -0.05) is 45.9 Å². The third kappa shape index (κ3) is 4.48. The SMILES string of the molecule is Cc1cccc(C(C)C)c1NC(=O)N[C@H](C(=O)O)C(C)C. The number of carboxylic acids is 1. The molecule has 0 bridgehead atoms. The lowest BCUT2D eigenvalue weighted by Gasteiger charge is -2.21. The average Bonchev–Trinajstić information content (AvgIpc) is 2.37. The van der Waals surface area contributed by atoms with Gasteiger partial charge in [0, 0.05) is 5.69 Å². The summed E-state index contributed by atoms with van der Waals surface area (Å²) >= 11 is 0. The average molecular weight is 292 g/mol. The molecule has 0 aliphatic heterocycles. The van der Waals surface area contributed by atoms with Crippen LogP contribution in [0.5, 0.6) is 0 Å². The van der Waals surface area contributed by atoms with Crippen LogP contribution in [0.15, 0.2) is 18.2 Å². The fourth-order valence-corrected chi connectivity index (χ4v) is 2.15. The predicted octanol–water partition coefficient (Wildman–Crippen LogP) is 3.35. The third-order valence-electron chi connectivity index (χ3n) is 3.38. The number of para-hydroxylation sites is 1. The van der Waals surface area contributed by atoms with Gasteiger partial charge in [-0.2, -0.15) is 0 Å². The van der Waals surface area contributed by atoms with Crippen LogP contribution in [0.2, 0.25) is 0 Å². The van der Waals surface area contributed by atoms with Gasteiger partial charge in [-0.3, -0.25) is 0 Å². The van der Waals surface area contributed by atoms with Crippen LogP contribution >= 0.6 is 0 Å². The number of anilines is 1. The Morgan fingerprint density at radius 1 is 1.14 bits per heavy atom. The Labute approximate surface area is 125 Å². The topological polar surface area (TPSA) is 78.4 Å². The second kappa shape index (κ2) is 7.11. The van der Waals surface area contributed by atoms with E-state index < -0.39 is 18.0 Å². The Balaban J connectivity index is 2.91. The smallest absolute Gasteiger partial charge is 0.326 e. The van der Waals surface area contributed by atoms with Crippen molar-refractivity contribution < 1.29 is 14.7 Å². The minimum Gasteiger partial charge on any atom is -0.480 e. The summed E-state index contributed by atoms with van der Waals surface area (Å²) in [6.45, 7) is 9.52. The molecular weight excluding hydrogens is 268 g/mol. The normalized spacial score (nSPS) is 12.3. The van der Waals surface area contributed by atoms with Crippen LogP contribution in [0.3, 0.4) is 0 Å². The summed E-state index contributed by atoms with van der Waals surface area (Å²) in [6.07, 6.45) is 0. The number of carboxylic acid groups (broad SMARTS) is 1. The van der Waals surface area contributed by atoms with E-state index in [1.165, 1.54) is 0 Å². The molecule has 0 saturated carbocycles. The van der Waals surface area contributed by atoms with E-state index in [1.807, 2.05) is 39.0 Å². The van der Waals surface area contributed by atoms with E-state index in [1.54, 1.807) is 13.8 Å². The molecule has 1 atom stereocenters. The molecule has 116 valence electrons. The van der Waals surface area contributed by atoms with E-state index in [0.29, 0.717) is 0 Å². The molecule has 0 fully saturated rings. The number of aryl methyl sites for hydroxylation is 1. The molecule has 1 aromatic rings. The van der Waals surface area contributed by atoms with Gasteiger partial charge in [0.05, 0.1) is 0 Å². The van der Waals surface area contributed by atoms with Gasteiger partial charge in [0.1, 0.15) is 6.04 Å². The highest BCUT2D eigenvalue weighted by molar-refractivity contribution is 5.93. The highest BCUT2D eigenvalue weighted by Crippen LogP contribution is 2.27. The number of urea groups is 1. The first-order valence-corrected chi connectivity index (χ1v) is 7.13. The van der Waals surface area contributed by atoms with E-state index in [-0.39, 0.29) is 11.8 Å². The van der Waals surface area contributed by atoms with Gasteiger partial charge in [-0.25, -0.2) is 9.59 Å². The maximum atomic E-state index is 12.1. The molecule has 0 radical (unpaired) electrons. The predicted molar refractivity (Wildman–Crippen MR) is 83.7 cm³/mol. The Morgan fingerprint density at radius 3 is 2.24 bits per heavy atom. The molecule has 0 aromatic heterocycles. The quantitative estimate of drug-likeness (QED) is 0.778. The summed E-state index contributed by atoms with van der Waals surface area (Å²) in [5.41, 5.74) is 2.73. The molecular formula is C16H24N2O3. The van der Waals surface area contributed by atoms with E-state index in [4.69, 9.17) is 5.11 Å². The third-order valence-corrected chi connectivity index (χ3v) is 3.38. The van der Waals surface area contributed by atoms with Gasteiger partial charge in [0.25, 0.3) is 0 Å². The highest BCUT2D eigenvalue weighted by atomic mass is 16.4. The number of nitrogens with one attached hydrogen (secondary N) is 2. The number of benzene rings is 1. The van der Waals surface area contributed by atoms with Crippen LogP contribution in [-0.4, -0.2) is 23.1 Å². The van der Waals surface area contributed by atoms with Gasteiger partial charge in [-0.15, -0.1) is 0 Å². The highest BCUT2D eigenvalue weighted by Gasteiger charge is 2.24. The molecule has 0 aliphatic rings. The van der Waals surface area contributed by atoms with Gasteiger partial charge >= 0.3 is 12.0 Å². The van der Waals surface area contributed by atoms with Crippen LogP contribution in [0.1, 0.15) is 44.7 Å². The Kier molecular flexibility index (Phi) is 5.76. The minimum atomic E-state index is -1.03. The van der Waals surface area contributed by atoms with Crippen molar-refractivity contribution in [2.75, 3.05) is 5.32 Å². The van der Waals surface area contributed by atoms with Crippen molar-refractivity contribution in [2.24, 2.45) is 5.92 Å². The van der Waals surface area contributed by atoms with Crippen LogP contribution in [0, 0.1) is 12.8 Å². The number of amides is 2. The zero-order valence-corrected chi connectivity index (χ0v) is 13.2. The zero-order valence-electron chi connectivity index (χ0n) is 13.2. The molecule has 0 saturated heterocycles. The van der Waals surface area contributed by atoms with Crippen LogP contribution < -0.4 is 10.6 Å². The van der Waals surface area contributed by atoms with Gasteiger partial charge in [0.15, 0.2) is 0 Å². The monoisotopic (exact) mass is 292 g/mol. The molecule has 3 N–H and O–H groups in total. The van der Waals surface area contributed by atoms with E-state index in [2.05, 4.69) is 10.6 Å². The second-order valence-electron chi connectivity index (χ2n) is 5.85. The van der Waals surface area contributed by atoms with Gasteiger partial charge < -0.3 is 15.7 Å². The molecule has 1 rings (SSSR count). The lowest BCUT2D eigenvalue weighted by molar-refractivity contribution is -0.140. The first-order valence-electron chi connectivity index (χ1n) is 7.13. The number of hydrogen-bond acceptors (Lipinski definition) is 2. The molecule has 5 nitrogen and oxygen atoms in total. The van der Waals surface area contributed by atoms with E-state index in [9.17, 15) is 9.59 Å². The minimum absolute atomic E-state index is 0.185. The maximum Gasteiger partial charge on any atom is 0.326 e. The van der Waals surface area contributed by atoms with Crippen molar-refractivity contribution in [3.05, 3.63) is 29.3 Å². The zero-order chi connectivity index (χ0) is 16.2. The summed E-state index contributed by atoms with van der Waals surface area (Å²) in [5.74, 6) is -0.954. The number of aliphatic carboxylic acids is 1. The number of carbonyl (C=O) groups excluding carboxylic acids is 1. The van der Waals surface area contributed by atoms with Crippen molar-refractivity contribution in [2.45, 2.75) is 46.6 Å². The standard InChI is InChI=1S/C16H24N2O3/c1-9(2)12-8-6-7-11(5)14(12)18-16(21)17-13(10(3)4)15(19)20/h6-10,13H,1-5H3,(H,19,20)(H2,17,18,21)/t13-/m0/s1. The Hall–Kier alpha value is -2.04. The van der Waals surface area contributed by atoms with Crippen LogP contribution in [0.4, 0.5) is 10.5 Å². The molecule has 5 heteroatoms. The van der Waals surface area contributed by atoms with Gasteiger partial charge in [-0.05, 0) is 29.9 Å². The Bertz CT molecular complexity index is 524. The van der Waals surface area contributed by atoms with E-state index >= 15 is 0 Å². The lowest BCUT2D eigenvalue weighted by Crippen LogP contribution is -2.46. The molecule has 0 spiro atoms. The van der Waals surface area contributed by atoms with E-state index in [0.717, 1.165) is 16.8 Å². The number of hydrogen-bond donors (Lipinski definition) is 3. The maximum absolute atomic E-state index is 12.1. The molecule has 0 unspecified atom stereocenters. The largest absolute Gasteiger partial charge is 0.480 e. The fraction of sp³-hybridized carbons (Fsp3) is 0.500. The fourth-order valence-electron chi connectivity index (χ4n) is 2.15. The Morgan fingerprint density at radius 2 is 1.76 bits per heavy atom. The van der Waals surface area contributed by atoms with Crippen molar-refractivity contribution in [3.63, 3.8) is 0 Å². The summed E-state index contributed by atoms with van der Waals surface area (Å²) in [4.78, 5) is 23.2. The summed E-state index contributed by atoms with van der Waals surface area (Å²) < 4.78 is 0. The molecule has 21 heavy (non-hydrogen) atoms. The van der Waals surface area contributed by atoms with Crippen LogP contribution in [-0.2, 0) is 4.79 Å². The summed E-state index contributed by atoms with van der Waals surface area (Å²) in [7, 11) is 0. The van der Waals surface area contributed by atoms with Crippen molar-refractivity contribution >= 4 is 17.7 Å². The first-order chi connectivity index (χ1) is 9.73. The molecule has 1 aromatic carbocycles. The number of carbonyl (C=O) groups is 2. The molecule has 0 heterocycles. The first kappa shape index (κ1) is 17.0. The second-order valence-corrected chi connectivity index (χ2v) is 5.85.